The second-order valence-electron chi connectivity index (χ2n) is 6.66. The molecule has 2 amide bonds. The van der Waals surface area contributed by atoms with E-state index >= 15 is 0 Å². The molecule has 2 fully saturated rings. The minimum absolute atomic E-state index is 0.00872. The van der Waals surface area contributed by atoms with Crippen molar-refractivity contribution in [3.63, 3.8) is 0 Å². The van der Waals surface area contributed by atoms with Crippen LogP contribution in [-0.2, 0) is 16.1 Å². The van der Waals surface area contributed by atoms with Crippen molar-refractivity contribution in [1.82, 2.24) is 4.90 Å². The summed E-state index contributed by atoms with van der Waals surface area (Å²) >= 11 is 3.40. The average molecular weight is 403 g/mol. The molecule has 1 saturated carbocycles. The highest BCUT2D eigenvalue weighted by atomic mass is 79.9. The van der Waals surface area contributed by atoms with Crippen molar-refractivity contribution in [2.45, 2.75) is 31.8 Å². The summed E-state index contributed by atoms with van der Waals surface area (Å²) in [4.78, 5) is 29.1. The van der Waals surface area contributed by atoms with E-state index in [4.69, 9.17) is 4.42 Å². The van der Waals surface area contributed by atoms with Crippen molar-refractivity contribution >= 4 is 33.4 Å². The molecule has 0 bridgehead atoms. The molecule has 130 valence electrons. The molecule has 1 aromatic carbocycles. The summed E-state index contributed by atoms with van der Waals surface area (Å²) in [5.74, 6) is 0.572. The molecule has 2 aliphatic rings. The van der Waals surface area contributed by atoms with Gasteiger partial charge in [-0.2, -0.15) is 0 Å². The Balaban J connectivity index is 1.48. The van der Waals surface area contributed by atoms with Crippen molar-refractivity contribution in [2.24, 2.45) is 5.92 Å². The smallest absolute Gasteiger partial charge is 0.228 e. The van der Waals surface area contributed by atoms with E-state index in [-0.39, 0.29) is 30.2 Å². The summed E-state index contributed by atoms with van der Waals surface area (Å²) in [5.41, 5.74) is 0.840. The number of carbonyl (C=O) groups is 2. The van der Waals surface area contributed by atoms with Crippen LogP contribution in [0.5, 0.6) is 0 Å². The Kier molecular flexibility index (Phi) is 4.37. The van der Waals surface area contributed by atoms with Gasteiger partial charge in [-0.1, -0.05) is 15.9 Å². The van der Waals surface area contributed by atoms with Crippen LogP contribution in [0.25, 0.3) is 0 Å². The van der Waals surface area contributed by atoms with E-state index in [0.717, 1.165) is 28.8 Å². The molecule has 0 radical (unpaired) electrons. The van der Waals surface area contributed by atoms with Gasteiger partial charge in [0.2, 0.25) is 11.8 Å². The van der Waals surface area contributed by atoms with Gasteiger partial charge in [-0.15, -0.1) is 0 Å². The lowest BCUT2D eigenvalue weighted by molar-refractivity contribution is -0.137. The maximum atomic E-state index is 13.0. The molecule has 2 aromatic rings. The second kappa shape index (κ2) is 6.67. The third-order valence-electron chi connectivity index (χ3n) is 4.79. The highest BCUT2D eigenvalue weighted by molar-refractivity contribution is 9.10. The molecule has 1 aliphatic carbocycles. The number of rotatable bonds is 5. The Morgan fingerprint density at radius 2 is 2.00 bits per heavy atom. The molecule has 6 heteroatoms. The Morgan fingerprint density at radius 1 is 1.24 bits per heavy atom. The molecule has 1 saturated heterocycles. The third kappa shape index (κ3) is 3.49. The molecule has 0 spiro atoms. The van der Waals surface area contributed by atoms with Gasteiger partial charge >= 0.3 is 0 Å². The second-order valence-corrected chi connectivity index (χ2v) is 7.57. The number of amides is 2. The quantitative estimate of drug-likeness (QED) is 0.767. The van der Waals surface area contributed by atoms with Gasteiger partial charge in [0.15, 0.2) is 0 Å². The van der Waals surface area contributed by atoms with E-state index in [9.17, 15) is 9.59 Å². The van der Waals surface area contributed by atoms with Gasteiger partial charge in [-0.25, -0.2) is 0 Å². The number of carbonyl (C=O) groups excluding carboxylic acids is 2. The standard InChI is InChI=1S/C19H19BrN2O3/c20-14-3-5-15(6-4-14)21-11-13(10-18(21)23)19(24)22(16-7-8-16)12-17-2-1-9-25-17/h1-6,9,13,16H,7-8,10-12H2. The Morgan fingerprint density at radius 3 is 2.64 bits per heavy atom. The maximum absolute atomic E-state index is 13.0. The fourth-order valence-corrected chi connectivity index (χ4v) is 3.59. The number of hydrogen-bond acceptors (Lipinski definition) is 3. The van der Waals surface area contributed by atoms with E-state index in [0.29, 0.717) is 13.1 Å². The predicted octanol–water partition coefficient (Wildman–Crippen LogP) is 3.59. The minimum atomic E-state index is -0.285. The Labute approximate surface area is 154 Å². The summed E-state index contributed by atoms with van der Waals surface area (Å²) < 4.78 is 6.37. The van der Waals surface area contributed by atoms with Gasteiger partial charge in [0.1, 0.15) is 5.76 Å². The molecule has 1 unspecified atom stereocenters. The number of halogens is 1. The lowest BCUT2D eigenvalue weighted by atomic mass is 10.1. The Bertz CT molecular complexity index is 768. The summed E-state index contributed by atoms with van der Waals surface area (Å²) in [5, 5.41) is 0. The van der Waals surface area contributed by atoms with E-state index in [2.05, 4.69) is 15.9 Å². The molecule has 1 aliphatic heterocycles. The highest BCUT2D eigenvalue weighted by Gasteiger charge is 2.41. The molecule has 0 N–H and O–H groups in total. The van der Waals surface area contributed by atoms with Gasteiger partial charge in [-0.3, -0.25) is 9.59 Å². The zero-order valence-corrected chi connectivity index (χ0v) is 15.3. The number of nitrogens with zero attached hydrogens (tertiary/aromatic N) is 2. The van der Waals surface area contributed by atoms with E-state index in [1.54, 1.807) is 11.2 Å². The molecular formula is C19H19BrN2O3. The summed E-state index contributed by atoms with van der Waals surface area (Å²) in [6.07, 6.45) is 3.96. The van der Waals surface area contributed by atoms with Gasteiger partial charge in [0, 0.05) is 29.2 Å². The molecule has 1 atom stereocenters. The van der Waals surface area contributed by atoms with Crippen LogP contribution in [0.1, 0.15) is 25.0 Å². The lowest BCUT2D eigenvalue weighted by Crippen LogP contribution is -2.38. The number of benzene rings is 1. The van der Waals surface area contributed by atoms with Gasteiger partial charge in [0.25, 0.3) is 0 Å². The van der Waals surface area contributed by atoms with E-state index in [1.807, 2.05) is 41.3 Å². The first kappa shape index (κ1) is 16.4. The van der Waals surface area contributed by atoms with Crippen LogP contribution in [0, 0.1) is 5.92 Å². The van der Waals surface area contributed by atoms with Crippen LogP contribution in [0.2, 0.25) is 0 Å². The molecule has 1 aromatic heterocycles. The molecule has 2 heterocycles. The van der Waals surface area contributed by atoms with Gasteiger partial charge in [-0.05, 0) is 49.2 Å². The topological polar surface area (TPSA) is 53.8 Å². The van der Waals surface area contributed by atoms with Crippen LogP contribution in [0.15, 0.2) is 51.6 Å². The lowest BCUT2D eigenvalue weighted by Gasteiger charge is -2.24. The van der Waals surface area contributed by atoms with Crippen molar-refractivity contribution in [3.05, 3.63) is 52.9 Å². The van der Waals surface area contributed by atoms with E-state index < -0.39 is 0 Å². The SMILES string of the molecule is O=C1CC(C(=O)N(Cc2ccco2)C2CC2)CN1c1ccc(Br)cc1. The largest absolute Gasteiger partial charge is 0.467 e. The van der Waals surface area contributed by atoms with Gasteiger partial charge < -0.3 is 14.2 Å². The highest BCUT2D eigenvalue weighted by Crippen LogP contribution is 2.33. The van der Waals surface area contributed by atoms with Crippen LogP contribution in [-0.4, -0.2) is 29.3 Å². The summed E-state index contributed by atoms with van der Waals surface area (Å²) in [6, 6.07) is 11.6. The van der Waals surface area contributed by atoms with Crippen molar-refractivity contribution in [2.75, 3.05) is 11.4 Å². The van der Waals surface area contributed by atoms with Crippen LogP contribution in [0.4, 0.5) is 5.69 Å². The van der Waals surface area contributed by atoms with Crippen LogP contribution in [0.3, 0.4) is 0 Å². The monoisotopic (exact) mass is 402 g/mol. The number of furan rings is 1. The molecule has 25 heavy (non-hydrogen) atoms. The first-order valence-electron chi connectivity index (χ1n) is 8.50. The Hall–Kier alpha value is -2.08. The van der Waals surface area contributed by atoms with Crippen molar-refractivity contribution < 1.29 is 14.0 Å². The minimum Gasteiger partial charge on any atom is -0.467 e. The number of hydrogen-bond donors (Lipinski definition) is 0. The summed E-state index contributed by atoms with van der Waals surface area (Å²) in [7, 11) is 0. The van der Waals surface area contributed by atoms with Crippen molar-refractivity contribution in [3.8, 4) is 0 Å². The molecular weight excluding hydrogens is 384 g/mol. The first-order chi connectivity index (χ1) is 12.1. The van der Waals surface area contributed by atoms with Crippen molar-refractivity contribution in [1.29, 1.82) is 0 Å². The first-order valence-corrected chi connectivity index (χ1v) is 9.30. The zero-order chi connectivity index (χ0) is 17.4. The van der Waals surface area contributed by atoms with Gasteiger partial charge in [0.05, 0.1) is 18.7 Å². The maximum Gasteiger partial charge on any atom is 0.228 e. The average Bonchev–Trinajstić information content (AvgIpc) is 3.17. The summed E-state index contributed by atoms with van der Waals surface area (Å²) in [6.45, 7) is 0.931. The fraction of sp³-hybridized carbons (Fsp3) is 0.368. The normalized spacial score (nSPS) is 20.1. The zero-order valence-electron chi connectivity index (χ0n) is 13.7. The molecule has 5 nitrogen and oxygen atoms in total. The molecule has 4 rings (SSSR count). The third-order valence-corrected chi connectivity index (χ3v) is 5.32. The fourth-order valence-electron chi connectivity index (χ4n) is 3.32. The van der Waals surface area contributed by atoms with Crippen LogP contribution < -0.4 is 4.90 Å². The van der Waals surface area contributed by atoms with Crippen LogP contribution >= 0.6 is 15.9 Å². The predicted molar refractivity (Wildman–Crippen MR) is 96.9 cm³/mol. The van der Waals surface area contributed by atoms with E-state index in [1.165, 1.54) is 0 Å². The number of anilines is 1.